The van der Waals surface area contributed by atoms with Crippen LogP contribution in [0.1, 0.15) is 5.76 Å². The first-order valence-corrected chi connectivity index (χ1v) is 13.0. The van der Waals surface area contributed by atoms with Gasteiger partial charge >= 0.3 is 206 Å². The molecule has 2 heterocycles. The van der Waals surface area contributed by atoms with Crippen LogP contribution in [-0.4, -0.2) is 116 Å². The number of hydrogen-bond acceptors (Lipinski definition) is 15. The molecule has 0 bridgehead atoms. The average Bonchev–Trinajstić information content (AvgIpc) is 3.38. The molecule has 47 heavy (non-hydrogen) atoms. The van der Waals surface area contributed by atoms with E-state index in [2.05, 4.69) is 0 Å². The summed E-state index contributed by atoms with van der Waals surface area (Å²) in [6.45, 7) is -3.23. The summed E-state index contributed by atoms with van der Waals surface area (Å²) in [4.78, 5) is 61.7. The van der Waals surface area contributed by atoms with Crippen molar-refractivity contribution in [3.05, 3.63) is 29.7 Å². The van der Waals surface area contributed by atoms with Crippen molar-refractivity contribution in [2.75, 3.05) is 71.5 Å². The molecule has 0 radical (unpaired) electrons. The fraction of sp³-hybridized carbons (Fsp3) is 0.385. The normalized spacial score (nSPS) is 13.0. The van der Waals surface area contributed by atoms with Gasteiger partial charge in [-0.3, -0.25) is 14.6 Å². The summed E-state index contributed by atoms with van der Waals surface area (Å²) >= 11 is 5.21. The van der Waals surface area contributed by atoms with E-state index in [1.807, 2.05) is 0 Å². The maximum absolute atomic E-state index is 12.5. The molecule has 0 saturated carbocycles. The van der Waals surface area contributed by atoms with Crippen molar-refractivity contribution in [1.29, 1.82) is 0 Å². The number of carboxylic acid groups (broad SMARTS) is 4. The Labute approximate surface area is 445 Å². The van der Waals surface area contributed by atoms with Crippen molar-refractivity contribution in [1.82, 2.24) is 14.7 Å². The Hall–Kier alpha value is 1.81. The molecule has 1 aromatic carbocycles. The molecule has 16 nitrogen and oxygen atoms in total. The van der Waals surface area contributed by atoms with Gasteiger partial charge in [0.1, 0.15) is 29.4 Å². The number of thiocarbonyl (C=S) groups is 1. The molecule has 0 atom stereocenters. The zero-order valence-electron chi connectivity index (χ0n) is 27.1. The minimum atomic E-state index is -1.57. The van der Waals surface area contributed by atoms with Gasteiger partial charge in [-0.15, -0.1) is 0 Å². The Bertz CT molecular complexity index is 1440. The molecule has 1 aromatic heterocycles. The number of carbonyl (C=O) groups is 5. The quantitative estimate of drug-likeness (QED) is 0.0630. The van der Waals surface area contributed by atoms with Crippen LogP contribution in [0, 0.1) is 0 Å². The summed E-state index contributed by atoms with van der Waals surface area (Å²) in [6, 6.07) is 4.43. The van der Waals surface area contributed by atoms with Gasteiger partial charge in [-0.2, -0.15) is 0 Å². The fourth-order valence-corrected chi connectivity index (χ4v) is 4.34. The average molecular weight is 775 g/mol. The molecule has 1 fully saturated rings. The minimum Gasteiger partial charge on any atom is -0.549 e. The van der Waals surface area contributed by atoms with E-state index in [-0.39, 0.29) is 266 Å². The van der Waals surface area contributed by atoms with E-state index < -0.39 is 50.1 Å². The van der Waals surface area contributed by atoms with Crippen LogP contribution in [0.25, 0.3) is 17.0 Å². The predicted octanol–water partition coefficient (Wildman–Crippen LogP) is -17.0. The van der Waals surface area contributed by atoms with Crippen molar-refractivity contribution < 1.29 is 264 Å². The van der Waals surface area contributed by atoms with E-state index in [0.717, 1.165) is 9.80 Å². The summed E-state index contributed by atoms with van der Waals surface area (Å²) in [7, 11) is 3.15. The van der Waals surface area contributed by atoms with Gasteiger partial charge in [0.15, 0.2) is 5.11 Å². The number of ether oxygens (including phenoxy) is 2. The zero-order chi connectivity index (χ0) is 31.8. The molecule has 2 aromatic rings. The number of anilines is 1. The van der Waals surface area contributed by atoms with E-state index in [1.165, 1.54) is 35.1 Å². The Morgan fingerprint density at radius 1 is 0.830 bits per heavy atom. The molecule has 1 saturated heterocycles. The van der Waals surface area contributed by atoms with Crippen LogP contribution < -0.4 is 236 Å². The maximum atomic E-state index is 12.5. The van der Waals surface area contributed by atoms with Crippen molar-refractivity contribution in [3.8, 4) is 5.75 Å². The third-order valence-corrected chi connectivity index (χ3v) is 6.63. The molecule has 232 valence electrons. The number of benzene rings is 1. The van der Waals surface area contributed by atoms with Crippen LogP contribution in [0.3, 0.4) is 0 Å². The standard InChI is InChI=1S/C26H30N4O12S.4K/c1-27-18(25(39)28(2)26(27)43)9-16-7-15-8-20(17(10-19(15)42-16)30(13-23(35)36)14-24(37)38)41-6-5-40-4-3-29(11-21(31)32)12-22(33)34;;;;/h7-10H,3-6,11-14H2,1-2H3,(H,31,32)(H,33,34)(H,35,36)(H,37,38);;;;/q;4*+1/p-4. The number of carbonyl (C=O) groups excluding carboxylic acids is 5. The number of nitrogens with zero attached hydrogens (tertiary/aromatic N) is 4. The molecular weight excluding hydrogens is 749 g/mol. The third-order valence-electron chi connectivity index (χ3n) is 6.08. The topological polar surface area (TPSA) is 222 Å². The number of hydrogen-bond donors (Lipinski definition) is 0. The number of amides is 1. The van der Waals surface area contributed by atoms with E-state index in [9.17, 15) is 44.4 Å². The van der Waals surface area contributed by atoms with E-state index in [4.69, 9.17) is 26.1 Å². The van der Waals surface area contributed by atoms with E-state index in [1.54, 1.807) is 13.1 Å². The van der Waals surface area contributed by atoms with E-state index in [0.29, 0.717) is 10.5 Å². The molecule has 1 aliphatic heterocycles. The van der Waals surface area contributed by atoms with Crippen LogP contribution in [-0.2, 0) is 28.7 Å². The molecule has 1 amide bonds. The van der Waals surface area contributed by atoms with Gasteiger partial charge in [0, 0.05) is 51.3 Å². The second kappa shape index (κ2) is 24.9. The minimum absolute atomic E-state index is 0. The summed E-state index contributed by atoms with van der Waals surface area (Å²) in [5, 5.41) is 45.1. The molecule has 0 N–H and O–H groups in total. The number of fused-ring (bicyclic) bond motifs is 1. The monoisotopic (exact) mass is 774 g/mol. The second-order valence-electron chi connectivity index (χ2n) is 9.26. The maximum Gasteiger partial charge on any atom is 1.00 e. The SMILES string of the molecule is CN1C(=O)C(=Cc2cc3cc(OCCOCCN(CC(=O)[O-])CC(=O)[O-])c(N(CC(=O)[O-])CC(=O)[O-])cc3o2)N(C)C1=S.[K+].[K+].[K+].[K+]. The molecule has 0 spiro atoms. The molecular formula is C26H26K4N4O12S. The molecule has 0 unspecified atom stereocenters. The van der Waals surface area contributed by atoms with Crippen LogP contribution >= 0.6 is 12.2 Å². The second-order valence-corrected chi connectivity index (χ2v) is 9.62. The first kappa shape index (κ1) is 50.9. The summed E-state index contributed by atoms with van der Waals surface area (Å²) in [5.74, 6) is -6.12. The summed E-state index contributed by atoms with van der Waals surface area (Å²) < 4.78 is 17.0. The summed E-state index contributed by atoms with van der Waals surface area (Å²) in [5.41, 5.74) is 0.490. The number of likely N-dealkylation sites (N-methyl/N-ethyl adjacent to an activating group) is 2. The number of furan rings is 1. The first-order valence-electron chi connectivity index (χ1n) is 12.6. The van der Waals surface area contributed by atoms with Gasteiger partial charge in [-0.1, -0.05) is 0 Å². The van der Waals surface area contributed by atoms with Crippen LogP contribution in [0.15, 0.2) is 28.3 Å². The Morgan fingerprint density at radius 2 is 1.38 bits per heavy atom. The molecule has 0 aliphatic carbocycles. The largest absolute Gasteiger partial charge is 1.00 e. The van der Waals surface area contributed by atoms with Gasteiger partial charge < -0.3 is 63.3 Å². The third kappa shape index (κ3) is 16.2. The molecule has 21 heteroatoms. The number of carboxylic acids is 4. The van der Waals surface area contributed by atoms with E-state index >= 15 is 0 Å². The summed E-state index contributed by atoms with van der Waals surface area (Å²) in [6.07, 6.45) is 1.47. The Kier molecular flexibility index (Phi) is 27.0. The first-order chi connectivity index (χ1) is 20.3. The number of aliphatic carboxylic acids is 4. The Balaban J connectivity index is 0. The van der Waals surface area contributed by atoms with Crippen LogP contribution in [0.2, 0.25) is 0 Å². The number of rotatable bonds is 17. The Morgan fingerprint density at radius 3 is 1.87 bits per heavy atom. The van der Waals surface area contributed by atoms with Crippen molar-refractivity contribution in [3.63, 3.8) is 0 Å². The van der Waals surface area contributed by atoms with Gasteiger partial charge in [-0.05, 0) is 24.4 Å². The van der Waals surface area contributed by atoms with Gasteiger partial charge in [0.05, 0.1) is 55.9 Å². The van der Waals surface area contributed by atoms with Crippen molar-refractivity contribution in [2.24, 2.45) is 0 Å². The van der Waals surface area contributed by atoms with Crippen molar-refractivity contribution >= 4 is 69.8 Å². The van der Waals surface area contributed by atoms with Crippen LogP contribution in [0.5, 0.6) is 5.75 Å². The van der Waals surface area contributed by atoms with Gasteiger partial charge in [0.2, 0.25) is 0 Å². The van der Waals surface area contributed by atoms with Crippen LogP contribution in [0.4, 0.5) is 5.69 Å². The predicted molar refractivity (Wildman–Crippen MR) is 142 cm³/mol. The zero-order valence-corrected chi connectivity index (χ0v) is 40.4. The molecule has 3 rings (SSSR count). The molecule has 1 aliphatic rings. The van der Waals surface area contributed by atoms with Crippen molar-refractivity contribution in [2.45, 2.75) is 0 Å². The fourth-order valence-electron chi connectivity index (χ4n) is 4.16. The van der Waals surface area contributed by atoms with Gasteiger partial charge in [0.25, 0.3) is 5.91 Å². The smallest absolute Gasteiger partial charge is 0.549 e. The van der Waals surface area contributed by atoms with Gasteiger partial charge in [-0.25, -0.2) is 0 Å².